The van der Waals surface area contributed by atoms with Crippen molar-refractivity contribution in [3.63, 3.8) is 0 Å². The molecule has 24 heavy (non-hydrogen) atoms. The van der Waals surface area contributed by atoms with Crippen LogP contribution in [-0.4, -0.2) is 21.5 Å². The third-order valence-corrected chi connectivity index (χ3v) is 4.20. The van der Waals surface area contributed by atoms with E-state index in [1.54, 1.807) is 6.07 Å². The number of carbonyl (C=O) groups excluding carboxylic acids is 1. The van der Waals surface area contributed by atoms with Crippen LogP contribution in [0.25, 0.3) is 10.9 Å². The van der Waals surface area contributed by atoms with Crippen LogP contribution in [0.1, 0.15) is 45.6 Å². The molecule has 1 atom stereocenters. The highest BCUT2D eigenvalue weighted by Crippen LogP contribution is 2.11. The Morgan fingerprint density at radius 2 is 2.00 bits per heavy atom. The summed E-state index contributed by atoms with van der Waals surface area (Å²) in [6, 6.07) is 5.62. The largest absolute Gasteiger partial charge is 0.352 e. The molecule has 130 valence electrons. The van der Waals surface area contributed by atoms with Gasteiger partial charge < -0.3 is 5.32 Å². The normalized spacial score (nSPS) is 12.5. The first-order valence-corrected chi connectivity index (χ1v) is 8.62. The van der Waals surface area contributed by atoms with E-state index in [-0.39, 0.29) is 24.1 Å². The fraction of sp³-hybridized carbons (Fsp3) is 0.526. The standard InChI is InChI=1S/C19H27N3O2/c1-13(2)7-5-9-15(4)21-17(23)11-22-12-20-18-14(3)8-6-10-16(18)19(22)24/h6,8,10,12-13,15H,5,7,9,11H2,1-4H3,(H,21,23)/t15-/m1/s1. The number of aromatic nitrogens is 2. The molecule has 2 rings (SSSR count). The number of nitrogens with zero attached hydrogens (tertiary/aromatic N) is 2. The van der Waals surface area contributed by atoms with Gasteiger partial charge in [-0.1, -0.05) is 38.8 Å². The van der Waals surface area contributed by atoms with Gasteiger partial charge in [0.15, 0.2) is 0 Å². The van der Waals surface area contributed by atoms with E-state index in [2.05, 4.69) is 24.1 Å². The fourth-order valence-electron chi connectivity index (χ4n) is 2.83. The van der Waals surface area contributed by atoms with Crippen LogP contribution in [-0.2, 0) is 11.3 Å². The molecule has 5 heteroatoms. The molecule has 1 amide bonds. The van der Waals surface area contributed by atoms with Gasteiger partial charge in [0.05, 0.1) is 17.2 Å². The van der Waals surface area contributed by atoms with Crippen LogP contribution in [0.5, 0.6) is 0 Å². The van der Waals surface area contributed by atoms with E-state index in [1.807, 2.05) is 26.0 Å². The van der Waals surface area contributed by atoms with Crippen LogP contribution in [0, 0.1) is 12.8 Å². The van der Waals surface area contributed by atoms with Gasteiger partial charge >= 0.3 is 0 Å². The molecule has 0 aliphatic heterocycles. The first kappa shape index (κ1) is 18.2. The average Bonchev–Trinajstić information content (AvgIpc) is 2.50. The van der Waals surface area contributed by atoms with Gasteiger partial charge in [-0.2, -0.15) is 0 Å². The maximum Gasteiger partial charge on any atom is 0.261 e. The van der Waals surface area contributed by atoms with Crippen LogP contribution in [0.4, 0.5) is 0 Å². The van der Waals surface area contributed by atoms with Gasteiger partial charge in [-0.05, 0) is 37.8 Å². The zero-order valence-corrected chi connectivity index (χ0v) is 15.0. The Balaban J connectivity index is 2.00. The summed E-state index contributed by atoms with van der Waals surface area (Å²) in [6.07, 6.45) is 4.66. The summed E-state index contributed by atoms with van der Waals surface area (Å²) in [7, 11) is 0. The lowest BCUT2D eigenvalue weighted by Gasteiger charge is -2.15. The van der Waals surface area contributed by atoms with E-state index < -0.39 is 0 Å². The number of nitrogens with one attached hydrogen (secondary N) is 1. The van der Waals surface area contributed by atoms with Crippen molar-refractivity contribution in [3.05, 3.63) is 40.4 Å². The lowest BCUT2D eigenvalue weighted by molar-refractivity contribution is -0.122. The van der Waals surface area contributed by atoms with E-state index >= 15 is 0 Å². The summed E-state index contributed by atoms with van der Waals surface area (Å²) >= 11 is 0. The first-order valence-electron chi connectivity index (χ1n) is 8.62. The monoisotopic (exact) mass is 329 g/mol. The van der Waals surface area contributed by atoms with Gasteiger partial charge in [0, 0.05) is 6.04 Å². The van der Waals surface area contributed by atoms with Crippen LogP contribution >= 0.6 is 0 Å². The van der Waals surface area contributed by atoms with Crippen LogP contribution in [0.15, 0.2) is 29.3 Å². The Morgan fingerprint density at radius 3 is 2.71 bits per heavy atom. The molecular weight excluding hydrogens is 302 g/mol. The van der Waals surface area contributed by atoms with Gasteiger partial charge in [0.1, 0.15) is 6.54 Å². The van der Waals surface area contributed by atoms with Gasteiger partial charge in [0.2, 0.25) is 5.91 Å². The Hall–Kier alpha value is -2.17. The van der Waals surface area contributed by atoms with E-state index in [9.17, 15) is 9.59 Å². The summed E-state index contributed by atoms with van der Waals surface area (Å²) in [5.41, 5.74) is 1.48. The average molecular weight is 329 g/mol. The van der Waals surface area contributed by atoms with Gasteiger partial charge in [-0.3, -0.25) is 14.2 Å². The van der Waals surface area contributed by atoms with E-state index in [0.29, 0.717) is 16.8 Å². The van der Waals surface area contributed by atoms with Crippen molar-refractivity contribution >= 4 is 16.8 Å². The van der Waals surface area contributed by atoms with Gasteiger partial charge in [0.25, 0.3) is 5.56 Å². The zero-order chi connectivity index (χ0) is 17.7. The number of hydrogen-bond acceptors (Lipinski definition) is 3. The van der Waals surface area contributed by atoms with Crippen molar-refractivity contribution in [2.75, 3.05) is 0 Å². The third-order valence-electron chi connectivity index (χ3n) is 4.20. The number of aryl methyl sites for hydroxylation is 1. The number of carbonyl (C=O) groups is 1. The summed E-state index contributed by atoms with van der Waals surface area (Å²) in [5, 5.41) is 3.51. The molecule has 1 aromatic heterocycles. The number of para-hydroxylation sites is 1. The summed E-state index contributed by atoms with van der Waals surface area (Å²) < 4.78 is 1.37. The summed E-state index contributed by atoms with van der Waals surface area (Å²) in [4.78, 5) is 29.0. The second-order valence-corrected chi connectivity index (χ2v) is 6.94. The van der Waals surface area contributed by atoms with Crippen LogP contribution in [0.3, 0.4) is 0 Å². The number of rotatable bonds is 7. The minimum absolute atomic E-state index is 0.00420. The topological polar surface area (TPSA) is 64.0 Å². The highest BCUT2D eigenvalue weighted by Gasteiger charge is 2.11. The second-order valence-electron chi connectivity index (χ2n) is 6.94. The lowest BCUT2D eigenvalue weighted by atomic mass is 10.0. The maximum atomic E-state index is 12.5. The summed E-state index contributed by atoms with van der Waals surface area (Å²) in [5.74, 6) is 0.529. The molecule has 1 heterocycles. The first-order chi connectivity index (χ1) is 11.4. The number of amides is 1. The fourth-order valence-corrected chi connectivity index (χ4v) is 2.83. The molecule has 0 radical (unpaired) electrons. The molecule has 0 unspecified atom stereocenters. The predicted molar refractivity (Wildman–Crippen MR) is 97.0 cm³/mol. The van der Waals surface area contributed by atoms with Crippen molar-refractivity contribution in [2.45, 2.75) is 59.5 Å². The number of hydrogen-bond donors (Lipinski definition) is 1. The van der Waals surface area contributed by atoms with Crippen molar-refractivity contribution in [1.82, 2.24) is 14.9 Å². The Morgan fingerprint density at radius 1 is 1.25 bits per heavy atom. The molecule has 0 saturated carbocycles. The minimum Gasteiger partial charge on any atom is -0.352 e. The van der Waals surface area contributed by atoms with E-state index in [4.69, 9.17) is 0 Å². The molecule has 1 aromatic carbocycles. The third kappa shape index (κ3) is 4.66. The van der Waals surface area contributed by atoms with Crippen molar-refractivity contribution < 1.29 is 4.79 Å². The summed E-state index contributed by atoms with van der Waals surface area (Å²) in [6.45, 7) is 8.33. The van der Waals surface area contributed by atoms with Crippen molar-refractivity contribution in [2.24, 2.45) is 5.92 Å². The lowest BCUT2D eigenvalue weighted by Crippen LogP contribution is -2.37. The quantitative estimate of drug-likeness (QED) is 0.849. The molecule has 2 aromatic rings. The number of fused-ring (bicyclic) bond motifs is 1. The number of benzene rings is 1. The molecule has 0 fully saturated rings. The second kappa shape index (κ2) is 8.08. The molecule has 0 aliphatic rings. The Bertz CT molecular complexity index is 765. The Kier molecular flexibility index (Phi) is 6.12. The molecule has 1 N–H and O–H groups in total. The zero-order valence-electron chi connectivity index (χ0n) is 15.0. The smallest absolute Gasteiger partial charge is 0.261 e. The van der Waals surface area contributed by atoms with E-state index in [1.165, 1.54) is 10.9 Å². The molecule has 0 saturated heterocycles. The van der Waals surface area contributed by atoms with Gasteiger partial charge in [-0.25, -0.2) is 4.98 Å². The maximum absolute atomic E-state index is 12.5. The molecule has 0 aliphatic carbocycles. The predicted octanol–water partition coefficient (Wildman–Crippen LogP) is 3.04. The van der Waals surface area contributed by atoms with E-state index in [0.717, 1.165) is 24.8 Å². The molecule has 5 nitrogen and oxygen atoms in total. The molecule has 0 bridgehead atoms. The van der Waals surface area contributed by atoms with Crippen LogP contribution in [0.2, 0.25) is 0 Å². The van der Waals surface area contributed by atoms with Crippen LogP contribution < -0.4 is 10.9 Å². The molecular formula is C19H27N3O2. The van der Waals surface area contributed by atoms with Gasteiger partial charge in [-0.15, -0.1) is 0 Å². The highest BCUT2D eigenvalue weighted by molar-refractivity contribution is 5.81. The minimum atomic E-state index is -0.175. The van der Waals surface area contributed by atoms with Crippen molar-refractivity contribution in [1.29, 1.82) is 0 Å². The molecule has 0 spiro atoms. The van der Waals surface area contributed by atoms with Crippen molar-refractivity contribution in [3.8, 4) is 0 Å². The Labute approximate surface area is 143 Å². The highest BCUT2D eigenvalue weighted by atomic mass is 16.2. The SMILES string of the molecule is Cc1cccc2c(=O)n(CC(=O)N[C@H](C)CCCC(C)C)cnc12.